The number of benzene rings is 2. The van der Waals surface area contributed by atoms with Crippen molar-refractivity contribution < 1.29 is 9.53 Å². The summed E-state index contributed by atoms with van der Waals surface area (Å²) in [5.41, 5.74) is 4.07. The lowest BCUT2D eigenvalue weighted by atomic mass is 9.92. The summed E-state index contributed by atoms with van der Waals surface area (Å²) in [6, 6.07) is 14.8. The Morgan fingerprint density at radius 2 is 1.85 bits per heavy atom. The van der Waals surface area contributed by atoms with Gasteiger partial charge < -0.3 is 10.1 Å². The van der Waals surface area contributed by atoms with Gasteiger partial charge in [0.2, 0.25) is 0 Å². The van der Waals surface area contributed by atoms with Gasteiger partial charge in [0.05, 0.1) is 0 Å². The van der Waals surface area contributed by atoms with Crippen molar-refractivity contribution in [1.29, 1.82) is 0 Å². The zero-order chi connectivity index (χ0) is 19.1. The van der Waals surface area contributed by atoms with Crippen molar-refractivity contribution in [1.82, 2.24) is 5.32 Å². The molecule has 1 aliphatic rings. The van der Waals surface area contributed by atoms with Crippen LogP contribution in [0.5, 0.6) is 5.75 Å². The van der Waals surface area contributed by atoms with E-state index < -0.39 is 6.10 Å². The van der Waals surface area contributed by atoms with Crippen molar-refractivity contribution in [2.45, 2.75) is 57.0 Å². The Balaban J connectivity index is 1.46. The highest BCUT2D eigenvalue weighted by Gasteiger charge is 2.19. The number of rotatable bonds is 8. The fourth-order valence-electron chi connectivity index (χ4n) is 3.36. The molecule has 1 N–H and O–H groups in total. The molecule has 1 aliphatic carbocycles. The van der Waals surface area contributed by atoms with Crippen LogP contribution in [0.15, 0.2) is 47.4 Å². The Kier molecular flexibility index (Phi) is 7.22. The van der Waals surface area contributed by atoms with Crippen LogP contribution in [0, 0.1) is 6.92 Å². The molecule has 0 bridgehead atoms. The van der Waals surface area contributed by atoms with Crippen LogP contribution in [0.4, 0.5) is 0 Å². The van der Waals surface area contributed by atoms with Gasteiger partial charge in [-0.3, -0.25) is 4.79 Å². The number of aryl methyl sites for hydroxylation is 3. The van der Waals surface area contributed by atoms with Crippen LogP contribution < -0.4 is 10.1 Å². The molecular weight excluding hydrogens is 354 g/mol. The minimum absolute atomic E-state index is 0.0280. The number of fused-ring (bicyclic) bond motifs is 1. The molecule has 0 fully saturated rings. The third kappa shape index (κ3) is 5.77. The summed E-state index contributed by atoms with van der Waals surface area (Å²) >= 11 is 1.75. The number of carbonyl (C=O) groups excluding carboxylic acids is 1. The first-order chi connectivity index (χ1) is 13.2. The van der Waals surface area contributed by atoms with Crippen molar-refractivity contribution in [2.75, 3.05) is 12.3 Å². The minimum Gasteiger partial charge on any atom is -0.481 e. The van der Waals surface area contributed by atoms with Crippen LogP contribution in [0.2, 0.25) is 0 Å². The number of hydrogen-bond donors (Lipinski definition) is 1. The predicted octanol–water partition coefficient (Wildman–Crippen LogP) is 4.94. The van der Waals surface area contributed by atoms with Crippen LogP contribution in [0.25, 0.3) is 0 Å². The fourth-order valence-corrected chi connectivity index (χ4v) is 4.13. The molecule has 1 amide bonds. The number of ether oxygens (including phenoxy) is 1. The second-order valence-corrected chi connectivity index (χ2v) is 8.27. The molecule has 0 saturated heterocycles. The van der Waals surface area contributed by atoms with Crippen LogP contribution in [0.3, 0.4) is 0 Å². The molecule has 144 valence electrons. The van der Waals surface area contributed by atoms with E-state index in [2.05, 4.69) is 48.6 Å². The molecule has 27 heavy (non-hydrogen) atoms. The summed E-state index contributed by atoms with van der Waals surface area (Å²) in [6.07, 6.45) is 5.02. The molecule has 3 rings (SSSR count). The van der Waals surface area contributed by atoms with Gasteiger partial charge >= 0.3 is 0 Å². The van der Waals surface area contributed by atoms with Crippen molar-refractivity contribution in [3.05, 3.63) is 59.2 Å². The summed E-state index contributed by atoms with van der Waals surface area (Å²) in [5, 5.41) is 3.01. The molecule has 0 unspecified atom stereocenters. The van der Waals surface area contributed by atoms with Crippen molar-refractivity contribution in [3.8, 4) is 5.75 Å². The molecule has 2 aromatic rings. The largest absolute Gasteiger partial charge is 0.481 e. The van der Waals surface area contributed by atoms with E-state index in [1.807, 2.05) is 13.0 Å². The maximum absolute atomic E-state index is 12.5. The van der Waals surface area contributed by atoms with E-state index >= 15 is 0 Å². The number of amides is 1. The normalized spacial score (nSPS) is 14.3. The molecule has 0 aromatic heterocycles. The number of thioether (sulfide) groups is 1. The lowest BCUT2D eigenvalue weighted by Gasteiger charge is -2.20. The molecule has 0 saturated carbocycles. The lowest BCUT2D eigenvalue weighted by molar-refractivity contribution is -0.127. The van der Waals surface area contributed by atoms with E-state index in [1.165, 1.54) is 34.4 Å². The third-order valence-electron chi connectivity index (χ3n) is 4.95. The fraction of sp³-hybridized carbons (Fsp3) is 0.435. The SMILES string of the molecule is CC[C@H](Oc1ccc2c(c1)CCCC2)C(=O)NCCSc1ccc(C)cc1. The Bertz CT molecular complexity index is 757. The van der Waals surface area contributed by atoms with E-state index in [0.717, 1.165) is 24.3 Å². The molecule has 1 atom stereocenters. The first kappa shape index (κ1) is 19.8. The first-order valence-corrected chi connectivity index (χ1v) is 10.9. The molecule has 0 heterocycles. The molecule has 2 aromatic carbocycles. The standard InChI is InChI=1S/C23H29NO2S/c1-3-22(26-20-11-10-18-6-4-5-7-19(18)16-20)23(25)24-14-15-27-21-12-8-17(2)9-13-21/h8-13,16,22H,3-7,14-15H2,1-2H3,(H,24,25)/t22-/m0/s1. The van der Waals surface area contributed by atoms with E-state index in [1.54, 1.807) is 11.8 Å². The smallest absolute Gasteiger partial charge is 0.261 e. The zero-order valence-corrected chi connectivity index (χ0v) is 17.1. The second-order valence-electron chi connectivity index (χ2n) is 7.10. The van der Waals surface area contributed by atoms with Gasteiger partial charge in [0, 0.05) is 17.2 Å². The maximum Gasteiger partial charge on any atom is 0.261 e. The predicted molar refractivity (Wildman–Crippen MR) is 113 cm³/mol. The van der Waals surface area contributed by atoms with Crippen molar-refractivity contribution in [3.63, 3.8) is 0 Å². The van der Waals surface area contributed by atoms with Gasteiger partial charge in [-0.15, -0.1) is 11.8 Å². The van der Waals surface area contributed by atoms with Gasteiger partial charge in [0.1, 0.15) is 5.75 Å². The summed E-state index contributed by atoms with van der Waals surface area (Å²) < 4.78 is 6.00. The van der Waals surface area contributed by atoms with Gasteiger partial charge in [-0.2, -0.15) is 0 Å². The Labute approximate surface area is 166 Å². The van der Waals surface area contributed by atoms with Gasteiger partial charge in [0.25, 0.3) is 5.91 Å². The Hall–Kier alpha value is -1.94. The third-order valence-corrected chi connectivity index (χ3v) is 5.97. The number of nitrogens with one attached hydrogen (secondary N) is 1. The quantitative estimate of drug-likeness (QED) is 0.518. The monoisotopic (exact) mass is 383 g/mol. The van der Waals surface area contributed by atoms with Gasteiger partial charge in [-0.1, -0.05) is 30.7 Å². The average Bonchev–Trinajstić information content (AvgIpc) is 2.70. The molecule has 3 nitrogen and oxygen atoms in total. The summed E-state index contributed by atoms with van der Waals surface area (Å²) in [7, 11) is 0. The van der Waals surface area contributed by atoms with Crippen LogP contribution in [-0.4, -0.2) is 24.3 Å². The summed E-state index contributed by atoms with van der Waals surface area (Å²) in [6.45, 7) is 4.72. The molecular formula is C23H29NO2S. The first-order valence-electron chi connectivity index (χ1n) is 9.91. The topological polar surface area (TPSA) is 38.3 Å². The van der Waals surface area contributed by atoms with Crippen LogP contribution in [-0.2, 0) is 17.6 Å². The number of carbonyl (C=O) groups is 1. The van der Waals surface area contributed by atoms with E-state index in [9.17, 15) is 4.79 Å². The number of hydrogen-bond acceptors (Lipinski definition) is 3. The second kappa shape index (κ2) is 9.84. The van der Waals surface area contributed by atoms with E-state index in [4.69, 9.17) is 4.74 Å². The van der Waals surface area contributed by atoms with E-state index in [-0.39, 0.29) is 5.91 Å². The molecule has 0 radical (unpaired) electrons. The van der Waals surface area contributed by atoms with E-state index in [0.29, 0.717) is 13.0 Å². The lowest BCUT2D eigenvalue weighted by Crippen LogP contribution is -2.39. The maximum atomic E-state index is 12.5. The van der Waals surface area contributed by atoms with Crippen molar-refractivity contribution >= 4 is 17.7 Å². The highest BCUT2D eigenvalue weighted by Crippen LogP contribution is 2.26. The molecule has 4 heteroatoms. The Morgan fingerprint density at radius 1 is 1.11 bits per heavy atom. The van der Waals surface area contributed by atoms with Gasteiger partial charge in [-0.05, 0) is 74.4 Å². The van der Waals surface area contributed by atoms with Crippen LogP contribution >= 0.6 is 11.8 Å². The highest BCUT2D eigenvalue weighted by atomic mass is 32.2. The Morgan fingerprint density at radius 3 is 2.59 bits per heavy atom. The zero-order valence-electron chi connectivity index (χ0n) is 16.3. The molecule has 0 aliphatic heterocycles. The van der Waals surface area contributed by atoms with Gasteiger partial charge in [-0.25, -0.2) is 0 Å². The van der Waals surface area contributed by atoms with Gasteiger partial charge in [0.15, 0.2) is 6.10 Å². The summed E-state index contributed by atoms with van der Waals surface area (Å²) in [4.78, 5) is 13.7. The summed E-state index contributed by atoms with van der Waals surface area (Å²) in [5.74, 6) is 1.63. The van der Waals surface area contributed by atoms with Crippen LogP contribution in [0.1, 0.15) is 42.9 Å². The highest BCUT2D eigenvalue weighted by molar-refractivity contribution is 7.99. The molecule has 0 spiro atoms. The minimum atomic E-state index is -0.434. The average molecular weight is 384 g/mol. The van der Waals surface area contributed by atoms with Crippen molar-refractivity contribution in [2.24, 2.45) is 0 Å².